The van der Waals surface area contributed by atoms with Gasteiger partial charge in [-0.25, -0.2) is 4.79 Å². The molecule has 19 heavy (non-hydrogen) atoms. The molecule has 0 radical (unpaired) electrons. The van der Waals surface area contributed by atoms with Gasteiger partial charge in [-0.05, 0) is 26.7 Å². The molecule has 0 unspecified atom stereocenters. The van der Waals surface area contributed by atoms with Crippen molar-refractivity contribution in [1.82, 2.24) is 10.2 Å². The number of carbonyl (C=O) groups excluding carboxylic acids is 2. The molecule has 2 N–H and O–H groups in total. The minimum atomic E-state index is -0.463. The zero-order valence-corrected chi connectivity index (χ0v) is 11.3. The predicted molar refractivity (Wildman–Crippen MR) is 69.9 cm³/mol. The van der Waals surface area contributed by atoms with Crippen molar-refractivity contribution in [2.75, 3.05) is 11.9 Å². The van der Waals surface area contributed by atoms with Crippen molar-refractivity contribution in [3.8, 4) is 0 Å². The molecule has 0 saturated heterocycles. The average molecular weight is 265 g/mol. The number of aromatic nitrogens is 2. The molecule has 1 aliphatic carbocycles. The van der Waals surface area contributed by atoms with Gasteiger partial charge in [0.05, 0.1) is 6.61 Å². The topological polar surface area (TPSA) is 84.1 Å². The summed E-state index contributed by atoms with van der Waals surface area (Å²) in [6, 6.07) is 0. The van der Waals surface area contributed by atoms with E-state index in [9.17, 15) is 9.59 Å². The number of H-pyrrole nitrogens is 1. The van der Waals surface area contributed by atoms with Crippen LogP contribution in [0.3, 0.4) is 0 Å². The lowest BCUT2D eigenvalue weighted by Crippen LogP contribution is -2.22. The van der Waals surface area contributed by atoms with E-state index in [-0.39, 0.29) is 17.6 Å². The Hall–Kier alpha value is -1.85. The lowest BCUT2D eigenvalue weighted by atomic mass is 10.1. The van der Waals surface area contributed by atoms with Gasteiger partial charge in [0.1, 0.15) is 5.56 Å². The summed E-state index contributed by atoms with van der Waals surface area (Å²) < 4.78 is 4.96. The molecule has 0 aromatic carbocycles. The van der Waals surface area contributed by atoms with Crippen molar-refractivity contribution < 1.29 is 14.3 Å². The highest BCUT2D eigenvalue weighted by atomic mass is 16.5. The maximum Gasteiger partial charge on any atom is 0.343 e. The Morgan fingerprint density at radius 1 is 1.42 bits per heavy atom. The van der Waals surface area contributed by atoms with Crippen LogP contribution >= 0.6 is 0 Å². The SMILES string of the molecule is CCOC(=O)c1c(NC(=O)C2CCCC2)n[nH]c1C. The van der Waals surface area contributed by atoms with E-state index >= 15 is 0 Å². The molecule has 1 aliphatic rings. The molecule has 6 nitrogen and oxygen atoms in total. The van der Waals surface area contributed by atoms with Crippen molar-refractivity contribution in [3.63, 3.8) is 0 Å². The first-order valence-electron chi connectivity index (χ1n) is 6.66. The summed E-state index contributed by atoms with van der Waals surface area (Å²) in [7, 11) is 0. The van der Waals surface area contributed by atoms with Crippen LogP contribution in [0.2, 0.25) is 0 Å². The van der Waals surface area contributed by atoms with Crippen LogP contribution < -0.4 is 5.32 Å². The molecule has 1 heterocycles. The molecule has 1 aromatic heterocycles. The third kappa shape index (κ3) is 2.94. The third-order valence-electron chi connectivity index (χ3n) is 3.39. The molecule has 1 fully saturated rings. The zero-order chi connectivity index (χ0) is 13.8. The van der Waals surface area contributed by atoms with Gasteiger partial charge < -0.3 is 10.1 Å². The van der Waals surface area contributed by atoms with Gasteiger partial charge in [0.15, 0.2) is 5.82 Å². The zero-order valence-electron chi connectivity index (χ0n) is 11.3. The fraction of sp³-hybridized carbons (Fsp3) is 0.615. The number of carbonyl (C=O) groups is 2. The van der Waals surface area contributed by atoms with Crippen LogP contribution in [-0.4, -0.2) is 28.7 Å². The predicted octanol–water partition coefficient (Wildman–Crippen LogP) is 2.02. The van der Waals surface area contributed by atoms with Crippen LogP contribution in [0.5, 0.6) is 0 Å². The van der Waals surface area contributed by atoms with Gasteiger partial charge in [0.25, 0.3) is 0 Å². The number of esters is 1. The maximum absolute atomic E-state index is 12.0. The molecule has 0 atom stereocenters. The van der Waals surface area contributed by atoms with Crippen LogP contribution in [-0.2, 0) is 9.53 Å². The molecule has 0 aliphatic heterocycles. The summed E-state index contributed by atoms with van der Waals surface area (Å²) in [5.74, 6) is -0.218. The second-order valence-corrected chi connectivity index (χ2v) is 4.76. The van der Waals surface area contributed by atoms with Crippen LogP contribution in [0.1, 0.15) is 48.7 Å². The smallest absolute Gasteiger partial charge is 0.343 e. The molecule has 0 spiro atoms. The number of amides is 1. The number of anilines is 1. The third-order valence-corrected chi connectivity index (χ3v) is 3.39. The van der Waals surface area contributed by atoms with Gasteiger partial charge in [-0.2, -0.15) is 5.10 Å². The number of ether oxygens (including phenoxy) is 1. The van der Waals surface area contributed by atoms with Crippen LogP contribution in [0.4, 0.5) is 5.82 Å². The highest BCUT2D eigenvalue weighted by Crippen LogP contribution is 2.26. The lowest BCUT2D eigenvalue weighted by molar-refractivity contribution is -0.119. The van der Waals surface area contributed by atoms with E-state index < -0.39 is 5.97 Å². The molecule has 6 heteroatoms. The second kappa shape index (κ2) is 5.86. The number of aryl methyl sites for hydroxylation is 1. The first-order chi connectivity index (χ1) is 9.13. The molecule has 1 saturated carbocycles. The normalized spacial score (nSPS) is 15.5. The maximum atomic E-state index is 12.0. The van der Waals surface area contributed by atoms with E-state index in [0.29, 0.717) is 17.9 Å². The highest BCUT2D eigenvalue weighted by molar-refractivity contribution is 6.01. The van der Waals surface area contributed by atoms with Gasteiger partial charge in [0.2, 0.25) is 5.91 Å². The summed E-state index contributed by atoms with van der Waals surface area (Å²) in [5.41, 5.74) is 0.911. The monoisotopic (exact) mass is 265 g/mol. The molecular formula is C13H19N3O3. The Morgan fingerprint density at radius 2 is 2.11 bits per heavy atom. The van der Waals surface area contributed by atoms with Crippen molar-refractivity contribution in [1.29, 1.82) is 0 Å². The Balaban J connectivity index is 2.11. The Morgan fingerprint density at radius 3 is 2.74 bits per heavy atom. The Labute approximate surface area is 111 Å². The number of rotatable bonds is 4. The highest BCUT2D eigenvalue weighted by Gasteiger charge is 2.26. The molecule has 1 amide bonds. The van der Waals surface area contributed by atoms with E-state index in [1.54, 1.807) is 13.8 Å². The van der Waals surface area contributed by atoms with Crippen molar-refractivity contribution in [3.05, 3.63) is 11.3 Å². The van der Waals surface area contributed by atoms with E-state index in [0.717, 1.165) is 25.7 Å². The fourth-order valence-corrected chi connectivity index (χ4v) is 2.38. The summed E-state index contributed by atoms with van der Waals surface area (Å²) in [5, 5.41) is 9.41. The summed E-state index contributed by atoms with van der Waals surface area (Å²) in [6.45, 7) is 3.76. The standard InChI is InChI=1S/C13H19N3O3/c1-3-19-13(18)10-8(2)15-16-11(10)14-12(17)9-6-4-5-7-9/h9H,3-7H2,1-2H3,(H2,14,15,16,17). The van der Waals surface area contributed by atoms with E-state index in [1.165, 1.54) is 0 Å². The number of nitrogens with zero attached hydrogens (tertiary/aromatic N) is 1. The molecular weight excluding hydrogens is 246 g/mol. The molecule has 0 bridgehead atoms. The quantitative estimate of drug-likeness (QED) is 0.816. The van der Waals surface area contributed by atoms with Crippen molar-refractivity contribution in [2.45, 2.75) is 39.5 Å². The molecule has 104 valence electrons. The van der Waals surface area contributed by atoms with Crippen LogP contribution in [0, 0.1) is 12.8 Å². The van der Waals surface area contributed by atoms with E-state index in [1.807, 2.05) is 0 Å². The Kier molecular flexibility index (Phi) is 4.19. The number of hydrogen-bond donors (Lipinski definition) is 2. The Bertz CT molecular complexity index is 475. The van der Waals surface area contributed by atoms with Crippen molar-refractivity contribution in [2.24, 2.45) is 5.92 Å². The summed E-state index contributed by atoms with van der Waals surface area (Å²) in [4.78, 5) is 23.9. The van der Waals surface area contributed by atoms with Crippen molar-refractivity contribution >= 4 is 17.7 Å². The van der Waals surface area contributed by atoms with Crippen LogP contribution in [0.25, 0.3) is 0 Å². The number of nitrogens with one attached hydrogen (secondary N) is 2. The van der Waals surface area contributed by atoms with Gasteiger partial charge in [-0.15, -0.1) is 0 Å². The second-order valence-electron chi connectivity index (χ2n) is 4.76. The summed E-state index contributed by atoms with van der Waals surface area (Å²) >= 11 is 0. The molecule has 1 aromatic rings. The average Bonchev–Trinajstić information content (AvgIpc) is 2.99. The minimum absolute atomic E-state index is 0.0343. The largest absolute Gasteiger partial charge is 0.462 e. The van der Waals surface area contributed by atoms with E-state index in [4.69, 9.17) is 4.74 Å². The molecule has 2 rings (SSSR count). The minimum Gasteiger partial charge on any atom is -0.462 e. The van der Waals surface area contributed by atoms with E-state index in [2.05, 4.69) is 15.5 Å². The van der Waals surface area contributed by atoms with Gasteiger partial charge in [-0.3, -0.25) is 9.89 Å². The van der Waals surface area contributed by atoms with Gasteiger partial charge >= 0.3 is 5.97 Å². The number of hydrogen-bond acceptors (Lipinski definition) is 4. The van der Waals surface area contributed by atoms with Gasteiger partial charge in [-0.1, -0.05) is 12.8 Å². The summed E-state index contributed by atoms with van der Waals surface area (Å²) in [6.07, 6.45) is 3.98. The fourth-order valence-electron chi connectivity index (χ4n) is 2.38. The number of aromatic amines is 1. The first-order valence-corrected chi connectivity index (χ1v) is 6.66. The van der Waals surface area contributed by atoms with Gasteiger partial charge in [0, 0.05) is 11.6 Å². The van der Waals surface area contributed by atoms with Crippen LogP contribution in [0.15, 0.2) is 0 Å². The lowest BCUT2D eigenvalue weighted by Gasteiger charge is -2.09. The first kappa shape index (κ1) is 13.6.